The molecule has 0 spiro atoms. The first-order chi connectivity index (χ1) is 8.19. The van der Waals surface area contributed by atoms with Gasteiger partial charge in [0.15, 0.2) is 5.71 Å². The normalized spacial score (nSPS) is 10.8. The van der Waals surface area contributed by atoms with Gasteiger partial charge in [-0.15, -0.1) is 0 Å². The molecule has 0 atom stereocenters. The molecule has 90 valence electrons. The third-order valence-electron chi connectivity index (χ3n) is 2.01. The van der Waals surface area contributed by atoms with E-state index in [0.717, 1.165) is 0 Å². The lowest BCUT2D eigenvalue weighted by molar-refractivity contribution is -0.120. The van der Waals surface area contributed by atoms with Crippen LogP contribution in [0.3, 0.4) is 0 Å². The molecule has 0 aromatic heterocycles. The molecule has 17 heavy (non-hydrogen) atoms. The standard InChI is InChI=1S/C11H14N4O2/c1-2-9(16)14-15-10(11(17)13-12)8-6-4-3-5-7-8/h3-7H,2,12H2,1H3,(H,13,17)(H,14,16). The van der Waals surface area contributed by atoms with Crippen LogP contribution >= 0.6 is 0 Å². The highest BCUT2D eigenvalue weighted by Gasteiger charge is 2.12. The van der Waals surface area contributed by atoms with Crippen LogP contribution in [-0.2, 0) is 9.59 Å². The Balaban J connectivity index is 2.97. The Morgan fingerprint density at radius 2 is 1.94 bits per heavy atom. The van der Waals surface area contributed by atoms with Crippen molar-refractivity contribution in [3.05, 3.63) is 35.9 Å². The molecule has 0 heterocycles. The SMILES string of the molecule is CCC(=O)NN=C(C(=O)NN)c1ccccc1. The Labute approximate surface area is 98.9 Å². The van der Waals surface area contributed by atoms with Gasteiger partial charge < -0.3 is 0 Å². The lowest BCUT2D eigenvalue weighted by Crippen LogP contribution is -2.38. The van der Waals surface area contributed by atoms with E-state index in [2.05, 4.69) is 10.5 Å². The Hall–Kier alpha value is -2.21. The average Bonchev–Trinajstić information content (AvgIpc) is 2.39. The predicted molar refractivity (Wildman–Crippen MR) is 63.7 cm³/mol. The Morgan fingerprint density at radius 1 is 1.29 bits per heavy atom. The fraction of sp³-hybridized carbons (Fsp3) is 0.182. The lowest BCUT2D eigenvalue weighted by Gasteiger charge is -2.05. The largest absolute Gasteiger partial charge is 0.289 e. The molecule has 0 bridgehead atoms. The number of hydrazine groups is 1. The van der Waals surface area contributed by atoms with Crippen molar-refractivity contribution in [3.8, 4) is 0 Å². The molecule has 0 aliphatic carbocycles. The smallest absolute Gasteiger partial charge is 0.286 e. The second-order valence-corrected chi connectivity index (χ2v) is 3.19. The fourth-order valence-electron chi connectivity index (χ4n) is 1.11. The van der Waals surface area contributed by atoms with Crippen LogP contribution in [0.25, 0.3) is 0 Å². The zero-order chi connectivity index (χ0) is 12.7. The maximum Gasteiger partial charge on any atom is 0.286 e. The molecule has 0 aliphatic heterocycles. The van der Waals surface area contributed by atoms with Crippen molar-refractivity contribution in [3.63, 3.8) is 0 Å². The summed E-state index contributed by atoms with van der Waals surface area (Å²) in [6.07, 6.45) is 0.288. The van der Waals surface area contributed by atoms with Crippen LogP contribution in [0.2, 0.25) is 0 Å². The molecule has 2 amide bonds. The fourth-order valence-corrected chi connectivity index (χ4v) is 1.11. The van der Waals surface area contributed by atoms with Gasteiger partial charge in [-0.3, -0.25) is 15.0 Å². The van der Waals surface area contributed by atoms with Crippen molar-refractivity contribution >= 4 is 17.5 Å². The number of carbonyl (C=O) groups is 2. The van der Waals surface area contributed by atoms with E-state index in [0.29, 0.717) is 5.56 Å². The zero-order valence-corrected chi connectivity index (χ0v) is 9.43. The van der Waals surface area contributed by atoms with Gasteiger partial charge in [0.1, 0.15) is 0 Å². The van der Waals surface area contributed by atoms with E-state index >= 15 is 0 Å². The van der Waals surface area contributed by atoms with Crippen LogP contribution in [0.1, 0.15) is 18.9 Å². The number of rotatable bonds is 4. The van der Waals surface area contributed by atoms with E-state index in [-0.39, 0.29) is 18.0 Å². The number of hydrazone groups is 1. The summed E-state index contributed by atoms with van der Waals surface area (Å²) in [5.41, 5.74) is 4.90. The summed E-state index contributed by atoms with van der Waals surface area (Å²) in [5, 5.41) is 3.76. The quantitative estimate of drug-likeness (QED) is 0.294. The molecule has 1 aromatic carbocycles. The minimum absolute atomic E-state index is 0.0647. The monoisotopic (exact) mass is 234 g/mol. The first kappa shape index (κ1) is 12.9. The van der Waals surface area contributed by atoms with Crippen molar-refractivity contribution in [1.29, 1.82) is 0 Å². The summed E-state index contributed by atoms with van der Waals surface area (Å²) < 4.78 is 0. The van der Waals surface area contributed by atoms with Crippen LogP contribution in [-0.4, -0.2) is 17.5 Å². The molecule has 0 aliphatic rings. The van der Waals surface area contributed by atoms with Crippen molar-refractivity contribution < 1.29 is 9.59 Å². The molecular weight excluding hydrogens is 220 g/mol. The number of benzene rings is 1. The summed E-state index contributed by atoms with van der Waals surface area (Å²) in [6, 6.07) is 8.73. The first-order valence-electron chi connectivity index (χ1n) is 5.12. The van der Waals surface area contributed by atoms with Crippen molar-refractivity contribution in [2.45, 2.75) is 13.3 Å². The van der Waals surface area contributed by atoms with E-state index in [1.807, 2.05) is 11.5 Å². The van der Waals surface area contributed by atoms with Gasteiger partial charge in [-0.2, -0.15) is 5.10 Å². The number of amides is 2. The molecule has 0 radical (unpaired) electrons. The molecular formula is C11H14N4O2. The molecule has 6 nitrogen and oxygen atoms in total. The van der Waals surface area contributed by atoms with E-state index in [4.69, 9.17) is 5.84 Å². The summed E-state index contributed by atoms with van der Waals surface area (Å²) >= 11 is 0. The maximum atomic E-state index is 11.5. The summed E-state index contributed by atoms with van der Waals surface area (Å²) in [7, 11) is 0. The predicted octanol–water partition coefficient (Wildman–Crippen LogP) is -0.0932. The summed E-state index contributed by atoms with van der Waals surface area (Å²) in [6.45, 7) is 1.69. The number of hydrogen-bond acceptors (Lipinski definition) is 4. The lowest BCUT2D eigenvalue weighted by atomic mass is 10.1. The highest BCUT2D eigenvalue weighted by molar-refractivity contribution is 6.45. The van der Waals surface area contributed by atoms with Crippen LogP contribution < -0.4 is 16.7 Å². The Bertz CT molecular complexity index is 428. The minimum Gasteiger partial charge on any atom is -0.289 e. The number of hydrogen-bond donors (Lipinski definition) is 3. The molecule has 6 heteroatoms. The molecule has 0 saturated carbocycles. The van der Waals surface area contributed by atoms with Gasteiger partial charge in [0.2, 0.25) is 5.91 Å². The van der Waals surface area contributed by atoms with Gasteiger partial charge >= 0.3 is 0 Å². The highest BCUT2D eigenvalue weighted by atomic mass is 16.2. The first-order valence-corrected chi connectivity index (χ1v) is 5.12. The summed E-state index contributed by atoms with van der Waals surface area (Å²) in [4.78, 5) is 22.6. The number of nitrogens with zero attached hydrogens (tertiary/aromatic N) is 1. The van der Waals surface area contributed by atoms with E-state index < -0.39 is 5.91 Å². The second-order valence-electron chi connectivity index (χ2n) is 3.19. The second kappa shape index (κ2) is 6.39. The summed E-state index contributed by atoms with van der Waals surface area (Å²) in [5.74, 6) is 4.22. The topological polar surface area (TPSA) is 96.6 Å². The molecule has 1 rings (SSSR count). The molecule has 0 saturated heterocycles. The number of carbonyl (C=O) groups excluding carboxylic acids is 2. The van der Waals surface area contributed by atoms with Crippen molar-refractivity contribution in [1.82, 2.24) is 10.9 Å². The van der Waals surface area contributed by atoms with Crippen LogP contribution in [0, 0.1) is 0 Å². The number of nitrogens with two attached hydrogens (primary N) is 1. The van der Waals surface area contributed by atoms with Gasteiger partial charge in [0.25, 0.3) is 5.91 Å². The van der Waals surface area contributed by atoms with Crippen LogP contribution in [0.15, 0.2) is 35.4 Å². The molecule has 4 N–H and O–H groups in total. The van der Waals surface area contributed by atoms with E-state index in [1.165, 1.54) is 0 Å². The van der Waals surface area contributed by atoms with E-state index in [1.54, 1.807) is 31.2 Å². The number of nitrogens with one attached hydrogen (secondary N) is 2. The average molecular weight is 234 g/mol. The van der Waals surface area contributed by atoms with E-state index in [9.17, 15) is 9.59 Å². The van der Waals surface area contributed by atoms with Gasteiger partial charge in [-0.05, 0) is 0 Å². The third-order valence-corrected chi connectivity index (χ3v) is 2.01. The zero-order valence-electron chi connectivity index (χ0n) is 9.43. The van der Waals surface area contributed by atoms with Crippen LogP contribution in [0.5, 0.6) is 0 Å². The maximum absolute atomic E-state index is 11.5. The Morgan fingerprint density at radius 3 is 2.47 bits per heavy atom. The third kappa shape index (κ3) is 3.69. The van der Waals surface area contributed by atoms with Crippen molar-refractivity contribution in [2.75, 3.05) is 0 Å². The Kier molecular flexibility index (Phi) is 4.83. The molecule has 1 aromatic rings. The molecule has 0 unspecified atom stereocenters. The molecule has 0 fully saturated rings. The van der Waals surface area contributed by atoms with Crippen molar-refractivity contribution in [2.24, 2.45) is 10.9 Å². The van der Waals surface area contributed by atoms with Gasteiger partial charge in [-0.25, -0.2) is 11.3 Å². The highest BCUT2D eigenvalue weighted by Crippen LogP contribution is 2.01. The minimum atomic E-state index is -0.562. The van der Waals surface area contributed by atoms with Gasteiger partial charge in [0, 0.05) is 12.0 Å². The van der Waals surface area contributed by atoms with Gasteiger partial charge in [0.05, 0.1) is 0 Å². The van der Waals surface area contributed by atoms with Gasteiger partial charge in [-0.1, -0.05) is 37.3 Å². The van der Waals surface area contributed by atoms with Crippen LogP contribution in [0.4, 0.5) is 0 Å².